The van der Waals surface area contributed by atoms with E-state index in [1.54, 1.807) is 4.68 Å². The number of pyridine rings is 1. The van der Waals surface area contributed by atoms with Gasteiger partial charge in [0.15, 0.2) is 5.65 Å². The van der Waals surface area contributed by atoms with Crippen molar-refractivity contribution in [3.63, 3.8) is 0 Å². The van der Waals surface area contributed by atoms with Gasteiger partial charge in [0, 0.05) is 43.9 Å². The van der Waals surface area contributed by atoms with Gasteiger partial charge in [-0.2, -0.15) is 5.10 Å². The lowest BCUT2D eigenvalue weighted by molar-refractivity contribution is -0.123. The van der Waals surface area contributed by atoms with E-state index in [1.165, 1.54) is 5.56 Å². The Hall–Kier alpha value is -4.00. The van der Waals surface area contributed by atoms with Crippen molar-refractivity contribution in [3.8, 4) is 11.3 Å². The molecular weight excluding hydrogens is 450 g/mol. The maximum Gasteiger partial charge on any atom is 0.254 e. The monoisotopic (exact) mass is 479 g/mol. The van der Waals surface area contributed by atoms with E-state index in [1.807, 2.05) is 78.4 Å². The summed E-state index contributed by atoms with van der Waals surface area (Å²) in [6, 6.07) is 20.0. The van der Waals surface area contributed by atoms with Crippen LogP contribution >= 0.6 is 0 Å². The minimum atomic E-state index is -0.0577. The second-order valence-corrected chi connectivity index (χ2v) is 9.76. The summed E-state index contributed by atoms with van der Waals surface area (Å²) in [6.07, 6.45) is 2.26. The molecule has 1 fully saturated rings. The third kappa shape index (κ3) is 3.75. The molecule has 2 aliphatic rings. The highest BCUT2D eigenvalue weighted by atomic mass is 16.2. The maximum absolute atomic E-state index is 13.8. The molecule has 7 nitrogen and oxygen atoms in total. The number of hydrogen-bond donors (Lipinski definition) is 0. The predicted octanol–water partition coefficient (Wildman–Crippen LogP) is 4.39. The first-order valence-electron chi connectivity index (χ1n) is 12.6. The van der Waals surface area contributed by atoms with Crippen LogP contribution < -0.4 is 4.90 Å². The molecular formula is C29H29N5O2. The number of fused-ring (bicyclic) bond motifs is 2. The van der Waals surface area contributed by atoms with Crippen molar-refractivity contribution >= 4 is 28.5 Å². The Morgan fingerprint density at radius 2 is 1.67 bits per heavy atom. The highest BCUT2D eigenvalue weighted by Gasteiger charge is 2.34. The molecule has 0 saturated carbocycles. The summed E-state index contributed by atoms with van der Waals surface area (Å²) in [7, 11) is 1.86. The SMILES string of the molecule is Cc1nn(C)c2nc(-c3ccccc3)cc(C(=O)N3CCC(C(=O)N4CCc5ccccc54)CC3)c12. The van der Waals surface area contributed by atoms with E-state index in [9.17, 15) is 9.59 Å². The topological polar surface area (TPSA) is 71.3 Å². The number of benzene rings is 2. The van der Waals surface area contributed by atoms with Crippen molar-refractivity contribution in [3.05, 3.63) is 77.5 Å². The van der Waals surface area contributed by atoms with Crippen LogP contribution in [-0.2, 0) is 18.3 Å². The molecule has 4 aromatic rings. The first-order valence-corrected chi connectivity index (χ1v) is 12.6. The molecule has 2 aliphatic heterocycles. The summed E-state index contributed by atoms with van der Waals surface area (Å²) < 4.78 is 1.74. The number of hydrogen-bond acceptors (Lipinski definition) is 4. The zero-order chi connectivity index (χ0) is 24.8. The van der Waals surface area contributed by atoms with Crippen molar-refractivity contribution in [1.82, 2.24) is 19.7 Å². The Morgan fingerprint density at radius 3 is 2.44 bits per heavy atom. The molecule has 0 N–H and O–H groups in total. The summed E-state index contributed by atoms with van der Waals surface area (Å²) in [5.41, 5.74) is 6.12. The Balaban J connectivity index is 1.24. The van der Waals surface area contributed by atoms with E-state index in [4.69, 9.17) is 4.98 Å². The molecule has 0 unspecified atom stereocenters. The van der Waals surface area contributed by atoms with Gasteiger partial charge in [-0.1, -0.05) is 48.5 Å². The lowest BCUT2D eigenvalue weighted by Crippen LogP contribution is -2.44. The van der Waals surface area contributed by atoms with Crippen molar-refractivity contribution < 1.29 is 9.59 Å². The number of nitrogens with zero attached hydrogens (tertiary/aromatic N) is 5. The minimum Gasteiger partial charge on any atom is -0.339 e. The van der Waals surface area contributed by atoms with Gasteiger partial charge >= 0.3 is 0 Å². The van der Waals surface area contributed by atoms with Gasteiger partial charge in [-0.15, -0.1) is 0 Å². The zero-order valence-corrected chi connectivity index (χ0v) is 20.6. The zero-order valence-electron chi connectivity index (χ0n) is 20.6. The van der Waals surface area contributed by atoms with Crippen LogP contribution in [0.5, 0.6) is 0 Å². The van der Waals surface area contributed by atoms with E-state index in [-0.39, 0.29) is 17.7 Å². The van der Waals surface area contributed by atoms with Gasteiger partial charge < -0.3 is 9.80 Å². The van der Waals surface area contributed by atoms with Crippen molar-refractivity contribution in [2.45, 2.75) is 26.2 Å². The first kappa shape index (κ1) is 22.5. The van der Waals surface area contributed by atoms with Gasteiger partial charge in [-0.25, -0.2) is 4.98 Å². The highest BCUT2D eigenvalue weighted by Crippen LogP contribution is 2.32. The molecule has 4 heterocycles. The third-order valence-corrected chi connectivity index (χ3v) is 7.55. The Morgan fingerprint density at radius 1 is 0.944 bits per heavy atom. The van der Waals surface area contributed by atoms with Crippen molar-refractivity contribution in [2.24, 2.45) is 13.0 Å². The second kappa shape index (κ2) is 8.90. The fourth-order valence-electron chi connectivity index (χ4n) is 5.66. The molecule has 0 atom stereocenters. The summed E-state index contributed by atoms with van der Waals surface area (Å²) in [4.78, 5) is 35.8. The van der Waals surface area contributed by atoms with Gasteiger partial charge in [0.25, 0.3) is 5.91 Å². The normalized spacial score (nSPS) is 15.9. The summed E-state index contributed by atoms with van der Waals surface area (Å²) in [5.74, 6) is 0.110. The summed E-state index contributed by atoms with van der Waals surface area (Å²) in [6.45, 7) is 3.79. The largest absolute Gasteiger partial charge is 0.339 e. The standard InChI is InChI=1S/C29H29N5O2/c1-19-26-23(18-24(20-8-4-3-5-9-20)30-27(26)32(2)31-19)29(36)33-15-12-22(13-16-33)28(35)34-17-14-21-10-6-7-11-25(21)34/h3-11,18,22H,12-17H2,1-2H3. The molecule has 2 aromatic heterocycles. The smallest absolute Gasteiger partial charge is 0.254 e. The molecule has 2 amide bonds. The van der Waals surface area contributed by atoms with Crippen molar-refractivity contribution in [2.75, 3.05) is 24.5 Å². The van der Waals surface area contributed by atoms with Gasteiger partial charge in [-0.3, -0.25) is 14.3 Å². The average molecular weight is 480 g/mol. The van der Waals surface area contributed by atoms with Crippen LogP contribution in [-0.4, -0.2) is 51.1 Å². The van der Waals surface area contributed by atoms with Crippen LogP contribution in [0.15, 0.2) is 60.7 Å². The van der Waals surface area contributed by atoms with E-state index < -0.39 is 0 Å². The van der Waals surface area contributed by atoms with Crippen LogP contribution in [0.4, 0.5) is 5.69 Å². The molecule has 0 radical (unpaired) electrons. The van der Waals surface area contributed by atoms with Crippen LogP contribution in [0.2, 0.25) is 0 Å². The molecule has 1 saturated heterocycles. The molecule has 0 spiro atoms. The summed E-state index contributed by atoms with van der Waals surface area (Å²) >= 11 is 0. The molecule has 2 aromatic carbocycles. The number of para-hydroxylation sites is 1. The number of carbonyl (C=O) groups excluding carboxylic acids is 2. The molecule has 0 bridgehead atoms. The van der Waals surface area contributed by atoms with Crippen LogP contribution in [0.1, 0.15) is 34.5 Å². The molecule has 0 aliphatic carbocycles. The fourth-order valence-corrected chi connectivity index (χ4v) is 5.66. The molecule has 36 heavy (non-hydrogen) atoms. The number of piperidine rings is 1. The van der Waals surface area contributed by atoms with Gasteiger partial charge in [0.05, 0.1) is 22.3 Å². The van der Waals surface area contributed by atoms with Gasteiger partial charge in [0.1, 0.15) is 0 Å². The fraction of sp³-hybridized carbons (Fsp3) is 0.310. The van der Waals surface area contributed by atoms with E-state index in [0.717, 1.165) is 41.0 Å². The number of aromatic nitrogens is 3. The Bertz CT molecular complexity index is 1470. The highest BCUT2D eigenvalue weighted by molar-refractivity contribution is 6.07. The maximum atomic E-state index is 13.8. The molecule has 6 rings (SSSR count). The predicted molar refractivity (Wildman–Crippen MR) is 140 cm³/mol. The number of carbonyl (C=O) groups is 2. The third-order valence-electron chi connectivity index (χ3n) is 7.55. The Kier molecular flexibility index (Phi) is 5.55. The first-order chi connectivity index (χ1) is 17.5. The van der Waals surface area contributed by atoms with E-state index >= 15 is 0 Å². The molecule has 7 heteroatoms. The van der Waals surface area contributed by atoms with Crippen LogP contribution in [0, 0.1) is 12.8 Å². The van der Waals surface area contributed by atoms with E-state index in [2.05, 4.69) is 11.2 Å². The van der Waals surface area contributed by atoms with Crippen LogP contribution in [0.25, 0.3) is 22.3 Å². The minimum absolute atomic E-state index is 0.0203. The lowest BCUT2D eigenvalue weighted by atomic mass is 9.94. The lowest BCUT2D eigenvalue weighted by Gasteiger charge is -2.33. The van der Waals surface area contributed by atoms with Gasteiger partial charge in [-0.05, 0) is 43.9 Å². The number of likely N-dealkylation sites (tertiary alicyclic amines) is 1. The van der Waals surface area contributed by atoms with Crippen molar-refractivity contribution in [1.29, 1.82) is 0 Å². The molecule has 182 valence electrons. The van der Waals surface area contributed by atoms with E-state index in [0.29, 0.717) is 37.1 Å². The number of rotatable bonds is 3. The Labute approximate surface area is 210 Å². The summed E-state index contributed by atoms with van der Waals surface area (Å²) in [5, 5.41) is 5.34. The quantitative estimate of drug-likeness (QED) is 0.437. The van der Waals surface area contributed by atoms with Gasteiger partial charge in [0.2, 0.25) is 5.91 Å². The van der Waals surface area contributed by atoms with Crippen LogP contribution in [0.3, 0.4) is 0 Å². The number of aryl methyl sites for hydroxylation is 2. The number of anilines is 1. The number of amides is 2. The average Bonchev–Trinajstić information content (AvgIpc) is 3.48. The second-order valence-electron chi connectivity index (χ2n) is 9.76.